The molecule has 2 rings (SSSR count). The SMILES string of the molecule is O=C(NC1(C(=O)O)CCOC1)c1cccc(Br)c1Cl. The van der Waals surface area contributed by atoms with Crippen molar-refractivity contribution in [2.45, 2.75) is 12.0 Å². The lowest BCUT2D eigenvalue weighted by atomic mass is 9.98. The van der Waals surface area contributed by atoms with Crippen LogP contribution in [-0.2, 0) is 9.53 Å². The maximum Gasteiger partial charge on any atom is 0.331 e. The Bertz CT molecular complexity index is 528. The van der Waals surface area contributed by atoms with Gasteiger partial charge in [0.25, 0.3) is 5.91 Å². The minimum absolute atomic E-state index is 0.0420. The second-order valence-corrected chi connectivity index (χ2v) is 5.48. The molecule has 2 N–H and O–H groups in total. The number of amides is 1. The Hall–Kier alpha value is -1.11. The van der Waals surface area contributed by atoms with Gasteiger partial charge in [-0.3, -0.25) is 4.79 Å². The Labute approximate surface area is 123 Å². The number of hydrogen-bond donors (Lipinski definition) is 2. The van der Waals surface area contributed by atoms with Gasteiger partial charge in [0.2, 0.25) is 0 Å². The number of halogens is 2. The minimum Gasteiger partial charge on any atom is -0.479 e. The van der Waals surface area contributed by atoms with Crippen LogP contribution >= 0.6 is 27.5 Å². The van der Waals surface area contributed by atoms with Crippen molar-refractivity contribution < 1.29 is 19.4 Å². The van der Waals surface area contributed by atoms with Crippen LogP contribution in [0.5, 0.6) is 0 Å². The molecule has 5 nitrogen and oxygen atoms in total. The largest absolute Gasteiger partial charge is 0.479 e. The van der Waals surface area contributed by atoms with E-state index >= 15 is 0 Å². The van der Waals surface area contributed by atoms with Crippen molar-refractivity contribution in [3.8, 4) is 0 Å². The highest BCUT2D eigenvalue weighted by Gasteiger charge is 2.44. The molecular weight excluding hydrogens is 337 g/mol. The average Bonchev–Trinajstić information content (AvgIpc) is 2.82. The maximum absolute atomic E-state index is 12.1. The summed E-state index contributed by atoms with van der Waals surface area (Å²) in [5.41, 5.74) is -1.15. The molecular formula is C12H11BrClNO4. The van der Waals surface area contributed by atoms with E-state index in [0.717, 1.165) is 0 Å². The lowest BCUT2D eigenvalue weighted by Crippen LogP contribution is -2.55. The molecule has 1 aromatic rings. The molecule has 1 heterocycles. The van der Waals surface area contributed by atoms with Gasteiger partial charge in [0.05, 0.1) is 17.2 Å². The Morgan fingerprint density at radius 1 is 1.47 bits per heavy atom. The number of carboxylic acid groups (broad SMARTS) is 1. The molecule has 1 aliphatic heterocycles. The van der Waals surface area contributed by atoms with Crippen LogP contribution in [0.1, 0.15) is 16.8 Å². The summed E-state index contributed by atoms with van der Waals surface area (Å²) in [5.74, 6) is -1.64. The van der Waals surface area contributed by atoms with E-state index in [9.17, 15) is 14.7 Å². The first-order valence-electron chi connectivity index (χ1n) is 5.54. The van der Waals surface area contributed by atoms with E-state index in [2.05, 4.69) is 21.2 Å². The van der Waals surface area contributed by atoms with Crippen molar-refractivity contribution in [1.82, 2.24) is 5.32 Å². The predicted octanol–water partition coefficient (Wildman–Crippen LogP) is 2.08. The van der Waals surface area contributed by atoms with Crippen LogP contribution < -0.4 is 5.32 Å². The number of carbonyl (C=O) groups excluding carboxylic acids is 1. The van der Waals surface area contributed by atoms with Gasteiger partial charge in [-0.25, -0.2) is 4.79 Å². The van der Waals surface area contributed by atoms with Gasteiger partial charge in [-0.15, -0.1) is 0 Å². The highest BCUT2D eigenvalue weighted by Crippen LogP contribution is 2.27. The molecule has 1 aromatic carbocycles. The van der Waals surface area contributed by atoms with E-state index in [1.807, 2.05) is 0 Å². The number of ether oxygens (including phenoxy) is 1. The average molecular weight is 349 g/mol. The fourth-order valence-corrected chi connectivity index (χ4v) is 2.43. The summed E-state index contributed by atoms with van der Waals surface area (Å²) in [6.45, 7) is 0.262. The van der Waals surface area contributed by atoms with Gasteiger partial charge >= 0.3 is 5.97 Å². The standard InChI is InChI=1S/C12H11BrClNO4/c13-8-3-1-2-7(9(8)14)10(16)15-12(11(17)18)4-5-19-6-12/h1-3H,4-6H2,(H,15,16)(H,17,18). The normalized spacial score (nSPS) is 22.2. The molecule has 1 aliphatic rings. The van der Waals surface area contributed by atoms with Crippen molar-refractivity contribution in [3.05, 3.63) is 33.3 Å². The van der Waals surface area contributed by atoms with E-state index in [-0.39, 0.29) is 23.6 Å². The van der Waals surface area contributed by atoms with E-state index in [1.165, 1.54) is 6.07 Å². The smallest absolute Gasteiger partial charge is 0.331 e. The molecule has 1 fully saturated rings. The number of carboxylic acids is 1. The number of hydrogen-bond acceptors (Lipinski definition) is 3. The third-order valence-electron chi connectivity index (χ3n) is 2.98. The molecule has 1 saturated heterocycles. The van der Waals surface area contributed by atoms with Crippen LogP contribution in [0.25, 0.3) is 0 Å². The lowest BCUT2D eigenvalue weighted by Gasteiger charge is -2.24. The van der Waals surface area contributed by atoms with Crippen molar-refractivity contribution >= 4 is 39.4 Å². The fraction of sp³-hybridized carbons (Fsp3) is 0.333. The molecule has 0 spiro atoms. The third-order valence-corrected chi connectivity index (χ3v) is 4.28. The Morgan fingerprint density at radius 3 is 2.79 bits per heavy atom. The monoisotopic (exact) mass is 347 g/mol. The Morgan fingerprint density at radius 2 is 2.21 bits per heavy atom. The zero-order chi connectivity index (χ0) is 14.0. The molecule has 102 valence electrons. The molecule has 1 unspecified atom stereocenters. The summed E-state index contributed by atoms with van der Waals surface area (Å²) in [5, 5.41) is 12.0. The summed E-state index contributed by atoms with van der Waals surface area (Å²) in [6, 6.07) is 4.89. The van der Waals surface area contributed by atoms with E-state index in [0.29, 0.717) is 11.1 Å². The summed E-state index contributed by atoms with van der Waals surface area (Å²) in [6.07, 6.45) is 0.236. The van der Waals surface area contributed by atoms with Gasteiger partial charge in [0.15, 0.2) is 5.54 Å². The molecule has 0 aromatic heterocycles. The van der Waals surface area contributed by atoms with Crippen LogP contribution in [0.4, 0.5) is 0 Å². The number of rotatable bonds is 3. The van der Waals surface area contributed by atoms with Crippen LogP contribution in [-0.4, -0.2) is 35.7 Å². The summed E-state index contributed by atoms with van der Waals surface area (Å²) in [7, 11) is 0. The van der Waals surface area contributed by atoms with Crippen molar-refractivity contribution in [1.29, 1.82) is 0 Å². The molecule has 1 atom stereocenters. The first kappa shape index (κ1) is 14.3. The first-order chi connectivity index (χ1) is 8.96. The maximum atomic E-state index is 12.1. The summed E-state index contributed by atoms with van der Waals surface area (Å²) >= 11 is 9.23. The van der Waals surface area contributed by atoms with Gasteiger partial charge < -0.3 is 15.2 Å². The van der Waals surface area contributed by atoms with Gasteiger partial charge in [0.1, 0.15) is 0 Å². The molecule has 1 amide bonds. The highest BCUT2D eigenvalue weighted by atomic mass is 79.9. The van der Waals surface area contributed by atoms with Crippen LogP contribution in [0.2, 0.25) is 5.02 Å². The number of aliphatic carboxylic acids is 1. The Kier molecular flexibility index (Phi) is 4.13. The van der Waals surface area contributed by atoms with E-state index in [4.69, 9.17) is 16.3 Å². The second kappa shape index (κ2) is 5.48. The van der Waals surface area contributed by atoms with Gasteiger partial charge in [-0.05, 0) is 28.1 Å². The highest BCUT2D eigenvalue weighted by molar-refractivity contribution is 9.10. The second-order valence-electron chi connectivity index (χ2n) is 4.25. The van der Waals surface area contributed by atoms with Crippen molar-refractivity contribution in [3.63, 3.8) is 0 Å². The van der Waals surface area contributed by atoms with Crippen LogP contribution in [0, 0.1) is 0 Å². The van der Waals surface area contributed by atoms with Gasteiger partial charge in [-0.1, -0.05) is 17.7 Å². The molecule has 0 aliphatic carbocycles. The van der Waals surface area contributed by atoms with Gasteiger partial charge in [0, 0.05) is 17.5 Å². The molecule has 0 bridgehead atoms. The molecule has 7 heteroatoms. The number of benzene rings is 1. The van der Waals surface area contributed by atoms with E-state index in [1.54, 1.807) is 12.1 Å². The molecule has 0 radical (unpaired) electrons. The summed E-state index contributed by atoms with van der Waals surface area (Å²) in [4.78, 5) is 23.5. The first-order valence-corrected chi connectivity index (χ1v) is 6.71. The number of carbonyl (C=O) groups is 2. The fourth-order valence-electron chi connectivity index (χ4n) is 1.85. The van der Waals surface area contributed by atoms with E-state index < -0.39 is 17.4 Å². The van der Waals surface area contributed by atoms with Crippen LogP contribution in [0.15, 0.2) is 22.7 Å². The quantitative estimate of drug-likeness (QED) is 0.877. The lowest BCUT2D eigenvalue weighted by molar-refractivity contribution is -0.144. The third kappa shape index (κ3) is 2.75. The predicted molar refractivity (Wildman–Crippen MR) is 72.4 cm³/mol. The Balaban J connectivity index is 2.25. The van der Waals surface area contributed by atoms with Crippen molar-refractivity contribution in [2.75, 3.05) is 13.2 Å². The van der Waals surface area contributed by atoms with Crippen molar-refractivity contribution in [2.24, 2.45) is 0 Å². The zero-order valence-corrected chi connectivity index (χ0v) is 12.1. The summed E-state index contributed by atoms with van der Waals surface area (Å²) < 4.78 is 5.65. The van der Waals surface area contributed by atoms with Crippen LogP contribution in [0.3, 0.4) is 0 Å². The topological polar surface area (TPSA) is 75.6 Å². The number of nitrogens with one attached hydrogen (secondary N) is 1. The van der Waals surface area contributed by atoms with Gasteiger partial charge in [-0.2, -0.15) is 0 Å². The molecule has 19 heavy (non-hydrogen) atoms. The minimum atomic E-state index is -1.37. The molecule has 0 saturated carbocycles. The zero-order valence-electron chi connectivity index (χ0n) is 9.78.